The van der Waals surface area contributed by atoms with Gasteiger partial charge < -0.3 is 14.4 Å². The first-order chi connectivity index (χ1) is 11.8. The van der Waals surface area contributed by atoms with E-state index in [4.69, 9.17) is 4.74 Å². The fourth-order valence-corrected chi connectivity index (χ4v) is 2.37. The van der Waals surface area contributed by atoms with Gasteiger partial charge in [-0.25, -0.2) is 0 Å². The number of halogens is 3. The Morgan fingerprint density at radius 2 is 1.84 bits per heavy atom. The van der Waals surface area contributed by atoms with Crippen LogP contribution in [0.25, 0.3) is 0 Å². The van der Waals surface area contributed by atoms with Crippen LogP contribution < -0.4 is 4.74 Å². The van der Waals surface area contributed by atoms with Gasteiger partial charge in [-0.2, -0.15) is 0 Å². The van der Waals surface area contributed by atoms with Crippen molar-refractivity contribution in [2.45, 2.75) is 19.5 Å². The molecular weight excluding hydrogens is 335 g/mol. The van der Waals surface area contributed by atoms with Crippen LogP contribution in [0.1, 0.15) is 21.5 Å². The quantitative estimate of drug-likeness (QED) is 0.788. The van der Waals surface area contributed by atoms with E-state index in [1.807, 2.05) is 6.07 Å². The second-order valence-corrected chi connectivity index (χ2v) is 5.45. The predicted molar refractivity (Wildman–Crippen MR) is 86.1 cm³/mol. The van der Waals surface area contributed by atoms with Gasteiger partial charge in [-0.05, 0) is 23.8 Å². The highest BCUT2D eigenvalue weighted by Gasteiger charge is 2.32. The molecule has 0 spiro atoms. The molecule has 1 amide bonds. The zero-order chi connectivity index (χ0) is 18.4. The molecule has 134 valence electrons. The van der Waals surface area contributed by atoms with E-state index >= 15 is 0 Å². The summed E-state index contributed by atoms with van der Waals surface area (Å²) in [4.78, 5) is 13.9. The molecule has 25 heavy (non-hydrogen) atoms. The molecule has 0 aliphatic rings. The number of methoxy groups -OCH3 is 1. The van der Waals surface area contributed by atoms with Gasteiger partial charge in [-0.1, -0.05) is 30.3 Å². The number of rotatable bonds is 6. The van der Waals surface area contributed by atoms with Crippen molar-refractivity contribution in [3.63, 3.8) is 0 Å². The van der Waals surface area contributed by atoms with Crippen molar-refractivity contribution in [1.82, 2.24) is 4.90 Å². The summed E-state index contributed by atoms with van der Waals surface area (Å²) in [6.45, 7) is 0.354. The van der Waals surface area contributed by atoms with Crippen molar-refractivity contribution in [2.75, 3.05) is 14.2 Å². The summed E-state index contributed by atoms with van der Waals surface area (Å²) in [6, 6.07) is 12.7. The summed E-state index contributed by atoms with van der Waals surface area (Å²) in [5, 5.41) is 0. The van der Waals surface area contributed by atoms with E-state index in [0.29, 0.717) is 12.2 Å². The molecule has 2 rings (SSSR count). The Bertz CT molecular complexity index is 732. The lowest BCUT2D eigenvalue weighted by molar-refractivity contribution is -0.275. The molecule has 0 aliphatic heterocycles. The van der Waals surface area contributed by atoms with Crippen LogP contribution in [-0.4, -0.2) is 31.3 Å². The standard InChI is InChI=1S/C18H18F3NO3/c1-22(17(23)14-8-5-6-13(10-14)12-24-2)11-15-7-3-4-9-16(15)25-18(19,20)21/h3-10H,11-12H2,1-2H3. The molecule has 2 aromatic carbocycles. The predicted octanol–water partition coefficient (Wildman–Crippen LogP) is 4.00. The van der Waals surface area contributed by atoms with Crippen LogP contribution in [0.3, 0.4) is 0 Å². The lowest BCUT2D eigenvalue weighted by Crippen LogP contribution is -2.27. The second-order valence-electron chi connectivity index (χ2n) is 5.45. The maximum Gasteiger partial charge on any atom is 0.573 e. The number of alkyl halides is 3. The van der Waals surface area contributed by atoms with Crippen LogP contribution in [0, 0.1) is 0 Å². The minimum absolute atomic E-state index is 0.0143. The molecule has 0 atom stereocenters. The highest BCUT2D eigenvalue weighted by Crippen LogP contribution is 2.27. The fourth-order valence-electron chi connectivity index (χ4n) is 2.37. The third kappa shape index (κ3) is 5.49. The SMILES string of the molecule is COCc1cccc(C(=O)N(C)Cc2ccccc2OC(F)(F)F)c1. The third-order valence-electron chi connectivity index (χ3n) is 3.44. The van der Waals surface area contributed by atoms with Gasteiger partial charge in [0, 0.05) is 31.8 Å². The molecule has 0 aromatic heterocycles. The molecule has 0 aliphatic carbocycles. The maximum absolute atomic E-state index is 12.5. The Morgan fingerprint density at radius 3 is 2.52 bits per heavy atom. The molecule has 0 fully saturated rings. The molecule has 0 bridgehead atoms. The monoisotopic (exact) mass is 353 g/mol. The molecule has 0 N–H and O–H groups in total. The van der Waals surface area contributed by atoms with Crippen molar-refractivity contribution in [2.24, 2.45) is 0 Å². The number of amides is 1. The third-order valence-corrected chi connectivity index (χ3v) is 3.44. The Kier molecular flexibility index (Phi) is 6.03. The van der Waals surface area contributed by atoms with Crippen molar-refractivity contribution < 1.29 is 27.4 Å². The number of nitrogens with zero attached hydrogens (tertiary/aromatic N) is 1. The highest BCUT2D eigenvalue weighted by atomic mass is 19.4. The lowest BCUT2D eigenvalue weighted by Gasteiger charge is -2.20. The maximum atomic E-state index is 12.5. The Balaban J connectivity index is 2.15. The number of carbonyl (C=O) groups is 1. The van der Waals surface area contributed by atoms with Crippen molar-refractivity contribution in [3.05, 3.63) is 65.2 Å². The smallest absolute Gasteiger partial charge is 0.405 e. The normalized spacial score (nSPS) is 11.2. The minimum atomic E-state index is -4.78. The van der Waals surface area contributed by atoms with Gasteiger partial charge in [-0.15, -0.1) is 13.2 Å². The second kappa shape index (κ2) is 8.02. The summed E-state index contributed by atoms with van der Waals surface area (Å²) in [5.74, 6) is -0.623. The zero-order valence-electron chi connectivity index (χ0n) is 13.8. The first kappa shape index (κ1) is 18.8. The van der Waals surface area contributed by atoms with Gasteiger partial charge >= 0.3 is 6.36 Å². The van der Waals surface area contributed by atoms with E-state index in [-0.39, 0.29) is 23.8 Å². The van der Waals surface area contributed by atoms with E-state index in [2.05, 4.69) is 4.74 Å². The van der Waals surface area contributed by atoms with Crippen LogP contribution in [-0.2, 0) is 17.9 Å². The highest BCUT2D eigenvalue weighted by molar-refractivity contribution is 5.94. The molecule has 2 aromatic rings. The molecule has 0 saturated heterocycles. The molecular formula is C18H18F3NO3. The number of hydrogen-bond donors (Lipinski definition) is 0. The van der Waals surface area contributed by atoms with E-state index < -0.39 is 6.36 Å². The van der Waals surface area contributed by atoms with Crippen LogP contribution in [0.15, 0.2) is 48.5 Å². The van der Waals surface area contributed by atoms with Crippen molar-refractivity contribution in [3.8, 4) is 5.75 Å². The summed E-state index contributed by atoms with van der Waals surface area (Å²) in [6.07, 6.45) is -4.78. The summed E-state index contributed by atoms with van der Waals surface area (Å²) < 4.78 is 46.5. The molecule has 4 nitrogen and oxygen atoms in total. The number of carbonyl (C=O) groups excluding carboxylic acids is 1. The van der Waals surface area contributed by atoms with Crippen molar-refractivity contribution in [1.29, 1.82) is 0 Å². The van der Waals surface area contributed by atoms with Gasteiger partial charge in [0.1, 0.15) is 5.75 Å². The molecule has 7 heteroatoms. The van der Waals surface area contributed by atoms with Crippen molar-refractivity contribution >= 4 is 5.91 Å². The summed E-state index contributed by atoms with van der Waals surface area (Å²) in [5.41, 5.74) is 1.54. The zero-order valence-corrected chi connectivity index (χ0v) is 13.8. The minimum Gasteiger partial charge on any atom is -0.405 e. The van der Waals surface area contributed by atoms with Gasteiger partial charge in [-0.3, -0.25) is 4.79 Å². The molecule has 0 heterocycles. The van der Waals surface area contributed by atoms with Gasteiger partial charge in [0.2, 0.25) is 0 Å². The van der Waals surface area contributed by atoms with Gasteiger partial charge in [0.25, 0.3) is 5.91 Å². The van der Waals surface area contributed by atoms with Crippen LogP contribution in [0.4, 0.5) is 13.2 Å². The topological polar surface area (TPSA) is 38.8 Å². The fraction of sp³-hybridized carbons (Fsp3) is 0.278. The lowest BCUT2D eigenvalue weighted by atomic mass is 10.1. The Morgan fingerprint density at radius 1 is 1.12 bits per heavy atom. The number of hydrogen-bond acceptors (Lipinski definition) is 3. The average molecular weight is 353 g/mol. The number of para-hydroxylation sites is 1. The number of benzene rings is 2. The average Bonchev–Trinajstić information content (AvgIpc) is 2.55. The van der Waals surface area contributed by atoms with Gasteiger partial charge in [0.15, 0.2) is 0 Å². The summed E-state index contributed by atoms with van der Waals surface area (Å²) in [7, 11) is 3.08. The van der Waals surface area contributed by atoms with E-state index in [1.54, 1.807) is 31.4 Å². The Labute approximate surface area is 143 Å². The Hall–Kier alpha value is -2.54. The van der Waals surface area contributed by atoms with E-state index in [0.717, 1.165) is 5.56 Å². The largest absolute Gasteiger partial charge is 0.573 e. The first-order valence-electron chi connectivity index (χ1n) is 7.47. The number of ether oxygens (including phenoxy) is 2. The van der Waals surface area contributed by atoms with E-state index in [9.17, 15) is 18.0 Å². The van der Waals surface area contributed by atoms with Crippen LogP contribution >= 0.6 is 0 Å². The summed E-state index contributed by atoms with van der Waals surface area (Å²) >= 11 is 0. The van der Waals surface area contributed by atoms with E-state index in [1.165, 1.54) is 30.1 Å². The molecule has 0 radical (unpaired) electrons. The van der Waals surface area contributed by atoms with Gasteiger partial charge in [0.05, 0.1) is 6.61 Å². The molecule has 0 unspecified atom stereocenters. The van der Waals surface area contributed by atoms with Crippen LogP contribution in [0.5, 0.6) is 5.75 Å². The first-order valence-corrected chi connectivity index (χ1v) is 7.47. The van der Waals surface area contributed by atoms with Crippen LogP contribution in [0.2, 0.25) is 0 Å². The molecule has 0 saturated carbocycles.